The minimum Gasteiger partial charge on any atom is -0.0840 e. The highest BCUT2D eigenvalue weighted by Crippen LogP contribution is 2.20. The molecule has 0 amide bonds. The first kappa shape index (κ1) is 12.5. The number of hydrogen-bond donors (Lipinski definition) is 0. The molecule has 0 heterocycles. The van der Waals surface area contributed by atoms with Crippen molar-refractivity contribution in [2.75, 3.05) is 0 Å². The van der Waals surface area contributed by atoms with E-state index in [4.69, 9.17) is 11.6 Å². The first-order chi connectivity index (χ1) is 6.25. The number of aryl methyl sites for hydroxylation is 1. The predicted octanol–water partition coefficient (Wildman–Crippen LogP) is 4.63. The topological polar surface area (TPSA) is 0 Å². The van der Waals surface area contributed by atoms with Gasteiger partial charge in [-0.1, -0.05) is 50.9 Å². The number of benzene rings is 1. The Bertz CT molecular complexity index is 221. The van der Waals surface area contributed by atoms with E-state index in [1.165, 1.54) is 11.1 Å². The zero-order chi connectivity index (χ0) is 10.3. The van der Waals surface area contributed by atoms with Gasteiger partial charge in [0.1, 0.15) is 0 Å². The molecule has 0 nitrogen and oxygen atoms in total. The van der Waals surface area contributed by atoms with Crippen LogP contribution in [0.4, 0.5) is 0 Å². The molecule has 0 atom stereocenters. The SMILES string of the molecule is CC.CCCc1c(C)cccc1Cl. The van der Waals surface area contributed by atoms with Gasteiger partial charge >= 0.3 is 0 Å². The molecule has 0 saturated carbocycles. The Kier molecular flexibility index (Phi) is 6.70. The smallest absolute Gasteiger partial charge is 0.0440 e. The summed E-state index contributed by atoms with van der Waals surface area (Å²) in [5, 5.41) is 0.909. The van der Waals surface area contributed by atoms with E-state index in [-0.39, 0.29) is 0 Å². The number of rotatable bonds is 2. The molecule has 0 aliphatic heterocycles. The zero-order valence-corrected chi connectivity index (χ0v) is 9.78. The van der Waals surface area contributed by atoms with E-state index in [0.29, 0.717) is 0 Å². The van der Waals surface area contributed by atoms with E-state index in [0.717, 1.165) is 17.9 Å². The van der Waals surface area contributed by atoms with Crippen LogP contribution >= 0.6 is 11.6 Å². The van der Waals surface area contributed by atoms with Crippen molar-refractivity contribution in [1.29, 1.82) is 0 Å². The van der Waals surface area contributed by atoms with Gasteiger partial charge < -0.3 is 0 Å². The molecule has 1 aromatic rings. The fourth-order valence-electron chi connectivity index (χ4n) is 1.23. The molecule has 0 saturated heterocycles. The van der Waals surface area contributed by atoms with Crippen LogP contribution < -0.4 is 0 Å². The Morgan fingerprint density at radius 3 is 2.31 bits per heavy atom. The summed E-state index contributed by atoms with van der Waals surface area (Å²) in [4.78, 5) is 0. The summed E-state index contributed by atoms with van der Waals surface area (Å²) in [6.07, 6.45) is 2.25. The van der Waals surface area contributed by atoms with Crippen molar-refractivity contribution < 1.29 is 0 Å². The van der Waals surface area contributed by atoms with Crippen LogP contribution in [0.2, 0.25) is 5.02 Å². The largest absolute Gasteiger partial charge is 0.0840 e. The van der Waals surface area contributed by atoms with Crippen molar-refractivity contribution >= 4 is 11.6 Å². The molecule has 0 unspecified atom stereocenters. The fourth-order valence-corrected chi connectivity index (χ4v) is 1.55. The van der Waals surface area contributed by atoms with E-state index in [9.17, 15) is 0 Å². The van der Waals surface area contributed by atoms with Crippen molar-refractivity contribution in [1.82, 2.24) is 0 Å². The summed E-state index contributed by atoms with van der Waals surface area (Å²) in [6.45, 7) is 8.28. The Morgan fingerprint density at radius 2 is 1.85 bits per heavy atom. The molecule has 0 radical (unpaired) electrons. The molecule has 0 aliphatic rings. The first-order valence-electron chi connectivity index (χ1n) is 4.99. The van der Waals surface area contributed by atoms with Gasteiger partial charge in [-0.3, -0.25) is 0 Å². The van der Waals surface area contributed by atoms with Crippen LogP contribution in [0.5, 0.6) is 0 Å². The molecular formula is C12H19Cl. The van der Waals surface area contributed by atoms with Gasteiger partial charge in [0.25, 0.3) is 0 Å². The summed E-state index contributed by atoms with van der Waals surface area (Å²) >= 11 is 6.01. The molecule has 0 fully saturated rings. The van der Waals surface area contributed by atoms with Gasteiger partial charge in [0.15, 0.2) is 0 Å². The van der Waals surface area contributed by atoms with E-state index in [2.05, 4.69) is 19.9 Å². The average Bonchev–Trinajstić information content (AvgIpc) is 2.15. The van der Waals surface area contributed by atoms with Crippen molar-refractivity contribution in [3.05, 3.63) is 34.3 Å². The van der Waals surface area contributed by atoms with Crippen LogP contribution in [0.1, 0.15) is 38.3 Å². The highest BCUT2D eigenvalue weighted by Gasteiger charge is 2.00. The Morgan fingerprint density at radius 1 is 1.23 bits per heavy atom. The lowest BCUT2D eigenvalue weighted by Gasteiger charge is -2.05. The standard InChI is InChI=1S/C10H13Cl.C2H6/c1-3-5-9-8(2)6-4-7-10(9)11;1-2/h4,6-7H,3,5H2,1-2H3;1-2H3. The maximum absolute atomic E-state index is 6.01. The van der Waals surface area contributed by atoms with E-state index in [1.54, 1.807) is 0 Å². The molecule has 0 spiro atoms. The van der Waals surface area contributed by atoms with Crippen LogP contribution in [-0.4, -0.2) is 0 Å². The monoisotopic (exact) mass is 198 g/mol. The molecule has 13 heavy (non-hydrogen) atoms. The average molecular weight is 199 g/mol. The number of hydrogen-bond acceptors (Lipinski definition) is 0. The molecule has 74 valence electrons. The second kappa shape index (κ2) is 6.97. The van der Waals surface area contributed by atoms with Gasteiger partial charge in [-0.25, -0.2) is 0 Å². The number of halogens is 1. The molecule has 1 heteroatoms. The minimum atomic E-state index is 0.909. The summed E-state index contributed by atoms with van der Waals surface area (Å²) in [6, 6.07) is 6.06. The lowest BCUT2D eigenvalue weighted by atomic mass is 10.0. The lowest BCUT2D eigenvalue weighted by Crippen LogP contribution is -1.88. The van der Waals surface area contributed by atoms with Crippen molar-refractivity contribution in [3.63, 3.8) is 0 Å². The third-order valence-corrected chi connectivity index (χ3v) is 2.21. The quantitative estimate of drug-likeness (QED) is 0.650. The zero-order valence-electron chi connectivity index (χ0n) is 9.02. The third kappa shape index (κ3) is 3.82. The Hall–Kier alpha value is -0.490. The minimum absolute atomic E-state index is 0.909. The molecule has 0 N–H and O–H groups in total. The van der Waals surface area contributed by atoms with Gasteiger partial charge in [-0.05, 0) is 30.5 Å². The Balaban J connectivity index is 0.000000671. The first-order valence-corrected chi connectivity index (χ1v) is 5.37. The maximum Gasteiger partial charge on any atom is 0.0440 e. The lowest BCUT2D eigenvalue weighted by molar-refractivity contribution is 0.913. The van der Waals surface area contributed by atoms with Crippen molar-refractivity contribution in [2.45, 2.75) is 40.5 Å². The van der Waals surface area contributed by atoms with Crippen molar-refractivity contribution in [2.24, 2.45) is 0 Å². The predicted molar refractivity (Wildman–Crippen MR) is 61.5 cm³/mol. The second-order valence-electron chi connectivity index (χ2n) is 2.79. The van der Waals surface area contributed by atoms with Crippen LogP contribution in [0.3, 0.4) is 0 Å². The van der Waals surface area contributed by atoms with Gasteiger partial charge in [-0.15, -0.1) is 0 Å². The molecule has 0 bridgehead atoms. The van der Waals surface area contributed by atoms with E-state index < -0.39 is 0 Å². The molecule has 0 aliphatic carbocycles. The summed E-state index contributed by atoms with van der Waals surface area (Å²) < 4.78 is 0. The summed E-state index contributed by atoms with van der Waals surface area (Å²) in [5.74, 6) is 0. The van der Waals surface area contributed by atoms with Gasteiger partial charge in [-0.2, -0.15) is 0 Å². The maximum atomic E-state index is 6.01. The van der Waals surface area contributed by atoms with Crippen LogP contribution in [0.25, 0.3) is 0 Å². The molecule has 0 aromatic heterocycles. The van der Waals surface area contributed by atoms with Gasteiger partial charge in [0.2, 0.25) is 0 Å². The second-order valence-corrected chi connectivity index (χ2v) is 3.19. The molecule has 1 rings (SSSR count). The molecule has 1 aromatic carbocycles. The highest BCUT2D eigenvalue weighted by molar-refractivity contribution is 6.31. The van der Waals surface area contributed by atoms with E-state index in [1.807, 2.05) is 26.0 Å². The van der Waals surface area contributed by atoms with Gasteiger partial charge in [0, 0.05) is 5.02 Å². The van der Waals surface area contributed by atoms with Crippen LogP contribution in [0, 0.1) is 6.92 Å². The van der Waals surface area contributed by atoms with Crippen molar-refractivity contribution in [3.8, 4) is 0 Å². The van der Waals surface area contributed by atoms with E-state index >= 15 is 0 Å². The Labute approximate surface area is 86.9 Å². The summed E-state index contributed by atoms with van der Waals surface area (Å²) in [5.41, 5.74) is 2.61. The van der Waals surface area contributed by atoms with Crippen LogP contribution in [0.15, 0.2) is 18.2 Å². The molecular weight excluding hydrogens is 180 g/mol. The third-order valence-electron chi connectivity index (χ3n) is 1.85. The fraction of sp³-hybridized carbons (Fsp3) is 0.500. The van der Waals surface area contributed by atoms with Gasteiger partial charge in [0.05, 0.1) is 0 Å². The van der Waals surface area contributed by atoms with Crippen LogP contribution in [-0.2, 0) is 6.42 Å². The summed E-state index contributed by atoms with van der Waals surface area (Å²) in [7, 11) is 0. The highest BCUT2D eigenvalue weighted by atomic mass is 35.5. The normalized spacial score (nSPS) is 9.00.